The van der Waals surface area contributed by atoms with Crippen LogP contribution in [0.15, 0.2) is 6.33 Å². The van der Waals surface area contributed by atoms with E-state index in [2.05, 4.69) is 4.37 Å². The minimum absolute atomic E-state index is 0. The first-order valence-electron chi connectivity index (χ1n) is 1.86. The molecule has 0 fully saturated rings. The van der Waals surface area contributed by atoms with Crippen molar-refractivity contribution in [2.45, 2.75) is 0 Å². The van der Waals surface area contributed by atoms with Gasteiger partial charge in [0.25, 0.3) is 0 Å². The van der Waals surface area contributed by atoms with E-state index in [4.69, 9.17) is 5.73 Å². The summed E-state index contributed by atoms with van der Waals surface area (Å²) in [4.78, 5) is 0. The molecule has 1 aromatic rings. The largest absolute Gasteiger partial charge is 1.00 e. The van der Waals surface area contributed by atoms with Gasteiger partial charge in [-0.3, -0.25) is 0 Å². The van der Waals surface area contributed by atoms with Crippen molar-refractivity contribution in [3.63, 3.8) is 0 Å². The lowest BCUT2D eigenvalue weighted by Crippen LogP contribution is -3.00. The molecule has 1 heterocycles. The molecule has 0 spiro atoms. The molecule has 46 valence electrons. The number of hydrogen-bond acceptors (Lipinski definition) is 3. The van der Waals surface area contributed by atoms with Crippen LogP contribution in [0.25, 0.3) is 0 Å². The third-order valence-electron chi connectivity index (χ3n) is 0.714. The Morgan fingerprint density at radius 3 is 2.62 bits per heavy atom. The summed E-state index contributed by atoms with van der Waals surface area (Å²) >= 11 is 1.30. The maximum Gasteiger partial charge on any atom is 0.310 e. The topological polar surface area (TPSA) is 42.8 Å². The second-order valence-corrected chi connectivity index (χ2v) is 2.07. The van der Waals surface area contributed by atoms with Crippen molar-refractivity contribution in [1.82, 2.24) is 4.37 Å². The van der Waals surface area contributed by atoms with E-state index < -0.39 is 0 Å². The fourth-order valence-electron chi connectivity index (χ4n) is 0.270. The Morgan fingerprint density at radius 2 is 2.50 bits per heavy atom. The van der Waals surface area contributed by atoms with Crippen LogP contribution in [0.1, 0.15) is 0 Å². The van der Waals surface area contributed by atoms with Gasteiger partial charge in [-0.05, 0) is 4.37 Å². The number of rotatable bonds is 0. The van der Waals surface area contributed by atoms with E-state index in [0.717, 1.165) is 5.13 Å². The monoisotopic (exact) mass is 151 g/mol. The van der Waals surface area contributed by atoms with Crippen molar-refractivity contribution >= 4 is 16.7 Å². The van der Waals surface area contributed by atoms with Crippen LogP contribution in [-0.2, 0) is 7.05 Å². The van der Waals surface area contributed by atoms with Gasteiger partial charge < -0.3 is 18.1 Å². The number of aromatic nitrogens is 2. The fourth-order valence-corrected chi connectivity index (χ4v) is 0.742. The normalized spacial score (nSPS) is 8.12. The Kier molecular flexibility index (Phi) is 2.71. The van der Waals surface area contributed by atoms with Gasteiger partial charge in [0.2, 0.25) is 6.33 Å². The van der Waals surface area contributed by atoms with Gasteiger partial charge in [0.15, 0.2) is 0 Å². The lowest BCUT2D eigenvalue weighted by atomic mass is 11.0. The average molecular weight is 152 g/mol. The number of anilines is 1. The molecule has 0 atom stereocenters. The highest BCUT2D eigenvalue weighted by Gasteiger charge is 1.97. The van der Waals surface area contributed by atoms with Crippen LogP contribution in [0.2, 0.25) is 0 Å². The lowest BCUT2D eigenvalue weighted by Gasteiger charge is -1.76. The predicted octanol–water partition coefficient (Wildman–Crippen LogP) is -3.45. The van der Waals surface area contributed by atoms with Gasteiger partial charge in [0.05, 0.1) is 7.05 Å². The van der Waals surface area contributed by atoms with Gasteiger partial charge in [-0.25, -0.2) is 4.57 Å². The highest BCUT2D eigenvalue weighted by molar-refractivity contribution is 7.08. The molecule has 0 saturated heterocycles. The van der Waals surface area contributed by atoms with Crippen molar-refractivity contribution < 1.29 is 17.0 Å². The van der Waals surface area contributed by atoms with Gasteiger partial charge in [0, 0.05) is 0 Å². The summed E-state index contributed by atoms with van der Waals surface area (Å²) in [6, 6.07) is 0. The molecule has 1 aromatic heterocycles. The third kappa shape index (κ3) is 1.31. The van der Waals surface area contributed by atoms with Crippen LogP contribution < -0.4 is 22.7 Å². The van der Waals surface area contributed by atoms with E-state index in [1.165, 1.54) is 11.5 Å². The van der Waals surface area contributed by atoms with Gasteiger partial charge >= 0.3 is 5.13 Å². The zero-order valence-electron chi connectivity index (χ0n) is 4.34. The van der Waals surface area contributed by atoms with Crippen LogP contribution in [0, 0.1) is 0 Å². The molecule has 8 heavy (non-hydrogen) atoms. The molecule has 0 aliphatic heterocycles. The predicted molar refractivity (Wildman–Crippen MR) is 27.7 cm³/mol. The summed E-state index contributed by atoms with van der Waals surface area (Å²) in [6.07, 6.45) is 1.68. The van der Waals surface area contributed by atoms with Crippen LogP contribution in [0.4, 0.5) is 5.13 Å². The molecule has 0 unspecified atom stereocenters. The molecule has 5 heteroatoms. The molecule has 3 nitrogen and oxygen atoms in total. The standard InChI is InChI=1S/C3H5N3S.ClH/c1-6-2-5-7-3(6)4;/h2,4H,1H3;1H. The molecule has 0 saturated carbocycles. The van der Waals surface area contributed by atoms with Gasteiger partial charge in [-0.1, -0.05) is 0 Å². The first-order valence-corrected chi connectivity index (χ1v) is 2.64. The van der Waals surface area contributed by atoms with E-state index in [0.29, 0.717) is 0 Å². The molecular weight excluding hydrogens is 146 g/mol. The van der Waals surface area contributed by atoms with Crippen LogP contribution in [0.5, 0.6) is 0 Å². The zero-order chi connectivity index (χ0) is 5.28. The Bertz CT molecular complexity index is 147. The van der Waals surface area contributed by atoms with Crippen molar-refractivity contribution in [2.24, 2.45) is 7.05 Å². The Labute approximate surface area is 57.7 Å². The summed E-state index contributed by atoms with van der Waals surface area (Å²) in [7, 11) is 1.86. The number of nitrogens with zero attached hydrogens (tertiary/aromatic N) is 2. The van der Waals surface area contributed by atoms with E-state index in [1.807, 2.05) is 7.05 Å². The second kappa shape index (κ2) is 2.84. The minimum atomic E-state index is 0. The molecular formula is C3H6ClN3S. The van der Waals surface area contributed by atoms with Gasteiger partial charge in [0.1, 0.15) is 11.5 Å². The van der Waals surface area contributed by atoms with Crippen molar-refractivity contribution in [1.29, 1.82) is 0 Å². The first kappa shape index (κ1) is 7.65. The molecule has 0 aliphatic rings. The molecule has 1 rings (SSSR count). The highest BCUT2D eigenvalue weighted by atomic mass is 35.5. The number of nitrogens with two attached hydrogens (primary N) is 1. The Morgan fingerprint density at radius 1 is 1.88 bits per heavy atom. The van der Waals surface area contributed by atoms with Gasteiger partial charge in [-0.15, -0.1) is 0 Å². The molecule has 0 aliphatic carbocycles. The van der Waals surface area contributed by atoms with Crippen LogP contribution >= 0.6 is 11.5 Å². The number of hydrogen-bond donors (Lipinski definition) is 1. The minimum Gasteiger partial charge on any atom is -1.00 e. The first-order chi connectivity index (χ1) is 3.30. The fraction of sp³-hybridized carbons (Fsp3) is 0.333. The van der Waals surface area contributed by atoms with E-state index in [-0.39, 0.29) is 12.4 Å². The Hall–Kier alpha value is -0.350. The maximum atomic E-state index is 5.36. The average Bonchev–Trinajstić information content (AvgIpc) is 1.91. The van der Waals surface area contributed by atoms with Crippen molar-refractivity contribution in [3.05, 3.63) is 6.33 Å². The molecule has 0 bridgehead atoms. The smallest absolute Gasteiger partial charge is 0.310 e. The Balaban J connectivity index is 0.000000490. The van der Waals surface area contributed by atoms with Crippen molar-refractivity contribution in [3.8, 4) is 0 Å². The summed E-state index contributed by atoms with van der Waals surface area (Å²) in [5, 5.41) is 0.736. The van der Waals surface area contributed by atoms with Crippen LogP contribution in [-0.4, -0.2) is 4.37 Å². The lowest BCUT2D eigenvalue weighted by molar-refractivity contribution is -0.654. The van der Waals surface area contributed by atoms with E-state index in [9.17, 15) is 0 Å². The SMILES string of the molecule is C[n+]1cnsc1N.[Cl-]. The third-order valence-corrected chi connectivity index (χ3v) is 1.39. The summed E-state index contributed by atoms with van der Waals surface area (Å²) in [5.74, 6) is 0. The molecule has 0 amide bonds. The number of halogens is 1. The second-order valence-electron chi connectivity index (χ2n) is 1.26. The van der Waals surface area contributed by atoms with Crippen molar-refractivity contribution in [2.75, 3.05) is 5.73 Å². The molecule has 0 aromatic carbocycles. The number of nitrogen functional groups attached to an aromatic ring is 1. The zero-order valence-corrected chi connectivity index (χ0v) is 5.91. The number of aryl methyl sites for hydroxylation is 1. The van der Waals surface area contributed by atoms with E-state index in [1.54, 1.807) is 10.9 Å². The summed E-state index contributed by atoms with van der Waals surface area (Å²) < 4.78 is 5.57. The van der Waals surface area contributed by atoms with Gasteiger partial charge in [-0.2, -0.15) is 0 Å². The maximum absolute atomic E-state index is 5.36. The molecule has 0 radical (unpaired) electrons. The molecule has 2 N–H and O–H groups in total. The quantitative estimate of drug-likeness (QED) is 0.392. The summed E-state index contributed by atoms with van der Waals surface area (Å²) in [6.45, 7) is 0. The summed E-state index contributed by atoms with van der Waals surface area (Å²) in [5.41, 5.74) is 5.36. The highest BCUT2D eigenvalue weighted by Crippen LogP contribution is 1.94. The van der Waals surface area contributed by atoms with E-state index >= 15 is 0 Å². The van der Waals surface area contributed by atoms with Crippen LogP contribution in [0.3, 0.4) is 0 Å².